The monoisotopic (exact) mass is 906 g/mol. The molecule has 2 unspecified atom stereocenters. The van der Waals surface area contributed by atoms with E-state index < -0.39 is 0 Å². The molecule has 0 heterocycles. The zero-order chi connectivity index (χ0) is 47.7. The summed E-state index contributed by atoms with van der Waals surface area (Å²) in [5.41, 5.74) is 24.5. The summed E-state index contributed by atoms with van der Waals surface area (Å²) < 4.78 is 0. The first-order chi connectivity index (χ1) is 34.0. The highest BCUT2D eigenvalue weighted by Crippen LogP contribution is 2.66. The van der Waals surface area contributed by atoms with Gasteiger partial charge < -0.3 is 4.90 Å². The quantitative estimate of drug-likeness (QED) is 0.124. The summed E-state index contributed by atoms with van der Waals surface area (Å²) in [6, 6.07) is 74.1. The van der Waals surface area contributed by atoms with Crippen molar-refractivity contribution in [2.24, 2.45) is 11.8 Å². The number of fused-ring (bicyclic) bond motifs is 1. The van der Waals surface area contributed by atoms with Crippen LogP contribution in [0.1, 0.15) is 83.0 Å². The molecule has 0 amide bonds. The minimum atomic E-state index is 0.144. The van der Waals surface area contributed by atoms with E-state index in [2.05, 4.69) is 241 Å². The van der Waals surface area contributed by atoms with E-state index >= 15 is 0 Å². The van der Waals surface area contributed by atoms with E-state index in [4.69, 9.17) is 0 Å². The van der Waals surface area contributed by atoms with Gasteiger partial charge in [-0.2, -0.15) is 0 Å². The van der Waals surface area contributed by atoms with Gasteiger partial charge in [-0.3, -0.25) is 0 Å². The summed E-state index contributed by atoms with van der Waals surface area (Å²) in [6.45, 7) is 13.8. The van der Waals surface area contributed by atoms with E-state index in [9.17, 15) is 0 Å². The van der Waals surface area contributed by atoms with Gasteiger partial charge in [0.2, 0.25) is 6.71 Å². The molecule has 9 aromatic rings. The number of hydrogen-bond acceptors (Lipinski definition) is 1. The van der Waals surface area contributed by atoms with Gasteiger partial charge in [-0.05, 0) is 178 Å². The maximum Gasteiger partial charge on any atom is 0.242 e. The second-order valence-electron chi connectivity index (χ2n) is 22.1. The van der Waals surface area contributed by atoms with Crippen LogP contribution in [0, 0.1) is 53.4 Å². The van der Waals surface area contributed by atoms with Gasteiger partial charge in [0.25, 0.3) is 0 Å². The van der Waals surface area contributed by atoms with Crippen molar-refractivity contribution in [3.05, 3.63) is 239 Å². The van der Waals surface area contributed by atoms with Gasteiger partial charge in [0.15, 0.2) is 0 Å². The van der Waals surface area contributed by atoms with Crippen LogP contribution in [0.15, 0.2) is 194 Å². The largest absolute Gasteiger partial charge is 0.310 e. The van der Waals surface area contributed by atoms with E-state index in [0.717, 1.165) is 11.8 Å². The number of aryl methyl sites for hydroxylation is 6. The summed E-state index contributed by atoms with van der Waals surface area (Å²) in [5.74, 6) is 1.56. The molecule has 70 heavy (non-hydrogen) atoms. The zero-order valence-electron chi connectivity index (χ0n) is 41.9. The van der Waals surface area contributed by atoms with Crippen molar-refractivity contribution in [2.45, 2.75) is 90.9 Å². The van der Waals surface area contributed by atoms with Crippen molar-refractivity contribution in [1.82, 2.24) is 0 Å². The number of nitrogens with zero attached hydrogens (tertiary/aromatic N) is 1. The molecule has 13 rings (SSSR count). The Morgan fingerprint density at radius 3 is 1.49 bits per heavy atom. The van der Waals surface area contributed by atoms with Crippen LogP contribution in [0.5, 0.6) is 0 Å². The van der Waals surface area contributed by atoms with E-state index in [-0.39, 0.29) is 17.5 Å². The van der Waals surface area contributed by atoms with Crippen LogP contribution in [-0.2, 0) is 10.8 Å². The smallest absolute Gasteiger partial charge is 0.242 e. The van der Waals surface area contributed by atoms with Gasteiger partial charge in [-0.25, -0.2) is 0 Å². The molecular formula is C68H64BN. The third-order valence-corrected chi connectivity index (χ3v) is 17.1. The predicted octanol–water partition coefficient (Wildman–Crippen LogP) is 15.8. The number of hydrogen-bond donors (Lipinski definition) is 0. The van der Waals surface area contributed by atoms with E-state index in [1.165, 1.54) is 144 Å². The van der Waals surface area contributed by atoms with Gasteiger partial charge in [0.05, 0.1) is 5.69 Å². The molecule has 0 spiro atoms. The van der Waals surface area contributed by atoms with Crippen LogP contribution in [-0.4, -0.2) is 6.71 Å². The Balaban J connectivity index is 0.839. The van der Waals surface area contributed by atoms with Crippen molar-refractivity contribution in [3.8, 4) is 22.3 Å². The van der Waals surface area contributed by atoms with Gasteiger partial charge in [-0.1, -0.05) is 207 Å². The van der Waals surface area contributed by atoms with Crippen molar-refractivity contribution >= 4 is 50.9 Å². The Hall–Kier alpha value is -6.90. The summed E-state index contributed by atoms with van der Waals surface area (Å²) in [7, 11) is 0. The predicted molar refractivity (Wildman–Crippen MR) is 300 cm³/mol. The summed E-state index contributed by atoms with van der Waals surface area (Å²) in [4.78, 5) is 2.44. The number of anilines is 3. The molecule has 0 aliphatic heterocycles. The number of benzene rings is 9. The lowest BCUT2D eigenvalue weighted by molar-refractivity contribution is -0.0281. The van der Waals surface area contributed by atoms with Crippen LogP contribution < -0.4 is 21.3 Å². The van der Waals surface area contributed by atoms with Crippen LogP contribution >= 0.6 is 0 Å². The van der Waals surface area contributed by atoms with Crippen molar-refractivity contribution in [3.63, 3.8) is 0 Å². The van der Waals surface area contributed by atoms with E-state index in [1.54, 1.807) is 5.56 Å². The molecule has 0 aromatic heterocycles. The molecular weight excluding hydrogens is 842 g/mol. The lowest BCUT2D eigenvalue weighted by Crippen LogP contribution is -2.55. The second kappa shape index (κ2) is 17.5. The lowest BCUT2D eigenvalue weighted by atomic mass is 9.34. The maximum absolute atomic E-state index is 2.51. The Morgan fingerprint density at radius 2 is 0.886 bits per heavy atom. The van der Waals surface area contributed by atoms with Gasteiger partial charge in [0, 0.05) is 16.8 Å². The molecule has 0 radical (unpaired) electrons. The second-order valence-corrected chi connectivity index (χ2v) is 22.1. The van der Waals surface area contributed by atoms with Gasteiger partial charge >= 0.3 is 0 Å². The molecule has 4 aliphatic carbocycles. The van der Waals surface area contributed by atoms with E-state index in [1.807, 2.05) is 0 Å². The maximum atomic E-state index is 2.51. The fraction of sp³-hybridized carbons (Fsp3) is 0.235. The van der Waals surface area contributed by atoms with Gasteiger partial charge in [0.1, 0.15) is 0 Å². The van der Waals surface area contributed by atoms with E-state index in [0.29, 0.717) is 0 Å². The first-order valence-electron chi connectivity index (χ1n) is 25.9. The average Bonchev–Trinajstić information content (AvgIpc) is 3.36. The fourth-order valence-corrected chi connectivity index (χ4v) is 14.9. The van der Waals surface area contributed by atoms with Crippen LogP contribution in [0.2, 0.25) is 0 Å². The Bertz CT molecular complexity index is 3290. The minimum absolute atomic E-state index is 0.144. The zero-order valence-corrected chi connectivity index (χ0v) is 41.9. The molecule has 4 fully saturated rings. The normalized spacial score (nSPS) is 20.2. The number of para-hydroxylation sites is 1. The van der Waals surface area contributed by atoms with Crippen LogP contribution in [0.3, 0.4) is 0 Å². The SMILES string of the molecule is Cc1cc(C)c(B(c2cccc(-c3cccc(-c4ccc(C56CC7CC(C5)CC(c5ccc(N(c8ccccc8)c8cccc9ccccc89)cc5)(C7)C6)cc4)c3)c2)c2c(C)cc(C)cc2C)c(C)c1. The van der Waals surface area contributed by atoms with Crippen molar-refractivity contribution in [1.29, 1.82) is 0 Å². The highest BCUT2D eigenvalue weighted by molar-refractivity contribution is 6.96. The summed E-state index contributed by atoms with van der Waals surface area (Å²) in [5, 5.41) is 2.53. The minimum Gasteiger partial charge on any atom is -0.310 e. The summed E-state index contributed by atoms with van der Waals surface area (Å²) in [6.07, 6.45) is 7.91. The number of rotatable bonds is 10. The highest BCUT2D eigenvalue weighted by atomic mass is 15.1. The summed E-state index contributed by atoms with van der Waals surface area (Å²) >= 11 is 0. The Morgan fingerprint density at radius 1 is 0.414 bits per heavy atom. The molecule has 344 valence electrons. The molecule has 1 nitrogen and oxygen atoms in total. The molecule has 2 atom stereocenters. The van der Waals surface area contributed by atoms with Gasteiger partial charge in [-0.15, -0.1) is 0 Å². The topological polar surface area (TPSA) is 3.24 Å². The fourth-order valence-electron chi connectivity index (χ4n) is 14.9. The molecule has 2 heteroatoms. The third kappa shape index (κ3) is 7.81. The molecule has 0 N–H and O–H groups in total. The first kappa shape index (κ1) is 44.3. The van der Waals surface area contributed by atoms with Crippen molar-refractivity contribution < 1.29 is 0 Å². The lowest BCUT2D eigenvalue weighted by Gasteiger charge is -2.63. The molecule has 4 aliphatic rings. The highest BCUT2D eigenvalue weighted by Gasteiger charge is 2.58. The Labute approximate surface area is 417 Å². The van der Waals surface area contributed by atoms with Crippen LogP contribution in [0.25, 0.3) is 33.0 Å². The molecule has 4 saturated carbocycles. The molecule has 0 saturated heterocycles. The molecule has 9 aromatic carbocycles. The standard InChI is InChI=1S/C68H64BN/c1-45-33-47(3)65(48(4)34-45)69(66-49(5)35-46(2)36-50(66)6)60-20-13-19-57(39-60)56-18-12-17-55(38-56)53-25-27-58(28-26-53)67-40-51-37-52(41-67)43-68(42-51,44-67)59-29-31-62(32-30-59)70(61-21-8-7-9-22-61)64-24-14-16-54-15-10-11-23-63(54)64/h7-36,38-39,51-52H,37,40-44H2,1-6H3. The third-order valence-electron chi connectivity index (χ3n) is 17.1. The average molecular weight is 906 g/mol. The van der Waals surface area contributed by atoms with Crippen LogP contribution in [0.4, 0.5) is 17.1 Å². The first-order valence-corrected chi connectivity index (χ1v) is 25.9. The Kier molecular flexibility index (Phi) is 11.1. The van der Waals surface area contributed by atoms with Crippen molar-refractivity contribution in [2.75, 3.05) is 4.90 Å². The molecule has 4 bridgehead atoms.